The molecule has 5 heteroatoms. The van der Waals surface area contributed by atoms with E-state index in [1.165, 1.54) is 12.1 Å². The van der Waals surface area contributed by atoms with Crippen LogP contribution in [0.3, 0.4) is 0 Å². The largest absolute Gasteiger partial charge is 0.344 e. The maximum atomic E-state index is 13.4. The van der Waals surface area contributed by atoms with Crippen LogP contribution >= 0.6 is 0 Å². The van der Waals surface area contributed by atoms with Crippen LogP contribution in [0.2, 0.25) is 0 Å². The molecule has 2 aromatic rings. The summed E-state index contributed by atoms with van der Waals surface area (Å²) in [5, 5.41) is 3.07. The van der Waals surface area contributed by atoms with Crippen molar-refractivity contribution in [2.45, 2.75) is 33.6 Å². The van der Waals surface area contributed by atoms with Crippen LogP contribution in [-0.2, 0) is 5.92 Å². The highest BCUT2D eigenvalue weighted by Crippen LogP contribution is 2.28. The molecule has 0 unspecified atom stereocenters. The van der Waals surface area contributed by atoms with Gasteiger partial charge in [-0.25, -0.2) is 13.8 Å². The molecule has 0 saturated carbocycles. The normalized spacial score (nSPS) is 12.0. The third kappa shape index (κ3) is 4.72. The van der Waals surface area contributed by atoms with Gasteiger partial charge in [-0.15, -0.1) is 0 Å². The van der Waals surface area contributed by atoms with Crippen molar-refractivity contribution in [3.05, 3.63) is 65.5 Å². The van der Waals surface area contributed by atoms with Gasteiger partial charge in [-0.05, 0) is 50.6 Å². The zero-order valence-electron chi connectivity index (χ0n) is 14.3. The summed E-state index contributed by atoms with van der Waals surface area (Å²) in [4.78, 5) is 8.70. The number of anilines is 1. The molecule has 0 atom stereocenters. The van der Waals surface area contributed by atoms with E-state index in [0.29, 0.717) is 11.5 Å². The van der Waals surface area contributed by atoms with Gasteiger partial charge in [-0.3, -0.25) is 4.98 Å². The van der Waals surface area contributed by atoms with E-state index in [9.17, 15) is 8.78 Å². The van der Waals surface area contributed by atoms with E-state index in [1.807, 2.05) is 26.0 Å². The maximum absolute atomic E-state index is 13.4. The molecule has 0 bridgehead atoms. The second-order valence-corrected chi connectivity index (χ2v) is 5.88. The summed E-state index contributed by atoms with van der Waals surface area (Å²) < 4.78 is 26.9. The van der Waals surface area contributed by atoms with Crippen LogP contribution in [0, 0.1) is 0 Å². The number of hydrogen-bond acceptors (Lipinski definition) is 2. The van der Waals surface area contributed by atoms with Crippen molar-refractivity contribution in [1.29, 1.82) is 0 Å². The van der Waals surface area contributed by atoms with E-state index in [-0.39, 0.29) is 5.56 Å². The zero-order chi connectivity index (χ0) is 17.7. The summed E-state index contributed by atoms with van der Waals surface area (Å²) >= 11 is 0. The predicted molar refractivity (Wildman–Crippen MR) is 95.2 cm³/mol. The smallest absolute Gasteiger partial charge is 0.270 e. The molecule has 1 aromatic heterocycles. The van der Waals surface area contributed by atoms with E-state index in [1.54, 1.807) is 31.5 Å². The second kappa shape index (κ2) is 7.34. The molecule has 0 aliphatic carbocycles. The lowest BCUT2D eigenvalue weighted by atomic mass is 10.1. The maximum Gasteiger partial charge on any atom is 0.270 e. The Morgan fingerprint density at radius 1 is 1.12 bits per heavy atom. The minimum absolute atomic E-state index is 0.0324. The van der Waals surface area contributed by atoms with Gasteiger partial charge in [0.25, 0.3) is 5.92 Å². The minimum atomic E-state index is -2.87. The predicted octanol–water partition coefficient (Wildman–Crippen LogP) is 5.47. The average molecular weight is 329 g/mol. The highest BCUT2D eigenvalue weighted by molar-refractivity contribution is 5.97. The van der Waals surface area contributed by atoms with Gasteiger partial charge in [-0.2, -0.15) is 0 Å². The summed E-state index contributed by atoms with van der Waals surface area (Å²) in [6.45, 7) is 6.63. The fourth-order valence-corrected chi connectivity index (χ4v) is 2.24. The number of pyridine rings is 1. The van der Waals surface area contributed by atoms with E-state index in [2.05, 4.69) is 15.3 Å². The Morgan fingerprint density at radius 3 is 2.46 bits per heavy atom. The molecule has 0 fully saturated rings. The highest BCUT2D eigenvalue weighted by atomic mass is 19.3. The molecule has 3 nitrogen and oxygen atoms in total. The molecule has 0 radical (unpaired) electrons. The first kappa shape index (κ1) is 17.8. The Morgan fingerprint density at radius 2 is 1.88 bits per heavy atom. The first-order chi connectivity index (χ1) is 11.3. The lowest BCUT2D eigenvalue weighted by Crippen LogP contribution is -2.11. The van der Waals surface area contributed by atoms with Gasteiger partial charge < -0.3 is 5.32 Å². The molecule has 24 heavy (non-hydrogen) atoms. The fourth-order valence-electron chi connectivity index (χ4n) is 2.24. The Hall–Kier alpha value is -2.56. The van der Waals surface area contributed by atoms with Crippen molar-refractivity contribution in [3.8, 4) is 0 Å². The van der Waals surface area contributed by atoms with Crippen LogP contribution in [0.4, 0.5) is 14.5 Å². The number of halogens is 2. The number of alkyl halides is 2. The number of allylic oxidation sites excluding steroid dienone is 1. The van der Waals surface area contributed by atoms with Gasteiger partial charge in [0, 0.05) is 36.1 Å². The number of nitrogens with zero attached hydrogens (tertiary/aromatic N) is 2. The van der Waals surface area contributed by atoms with Crippen LogP contribution < -0.4 is 5.32 Å². The number of benzene rings is 1. The Labute approximate surface area is 141 Å². The van der Waals surface area contributed by atoms with Crippen molar-refractivity contribution < 1.29 is 8.78 Å². The topological polar surface area (TPSA) is 37.3 Å². The molecule has 0 aliphatic rings. The molecule has 0 amide bonds. The number of amidine groups is 1. The molecule has 0 spiro atoms. The SMILES string of the molecule is CC(=NC(=C(C)C)c1cccnc1)Nc1cccc(C(C)(F)F)c1. The molecular weight excluding hydrogens is 308 g/mol. The Kier molecular flexibility index (Phi) is 5.44. The monoisotopic (exact) mass is 329 g/mol. The summed E-state index contributed by atoms with van der Waals surface area (Å²) in [5.74, 6) is -2.25. The summed E-state index contributed by atoms with van der Waals surface area (Å²) in [6.07, 6.45) is 3.45. The molecular formula is C19H21F2N3. The van der Waals surface area contributed by atoms with Crippen molar-refractivity contribution in [1.82, 2.24) is 4.98 Å². The number of aromatic nitrogens is 1. The summed E-state index contributed by atoms with van der Waals surface area (Å²) in [7, 11) is 0. The lowest BCUT2D eigenvalue weighted by Gasteiger charge is -2.13. The van der Waals surface area contributed by atoms with Gasteiger partial charge in [0.15, 0.2) is 0 Å². The van der Waals surface area contributed by atoms with Crippen molar-refractivity contribution >= 4 is 17.2 Å². The number of hydrogen-bond donors (Lipinski definition) is 1. The molecule has 0 aliphatic heterocycles. The van der Waals surface area contributed by atoms with Crippen LogP contribution in [-0.4, -0.2) is 10.8 Å². The van der Waals surface area contributed by atoms with E-state index in [0.717, 1.165) is 23.8 Å². The molecule has 1 heterocycles. The Balaban J connectivity index is 2.27. The zero-order valence-corrected chi connectivity index (χ0v) is 14.3. The molecule has 1 aromatic carbocycles. The van der Waals surface area contributed by atoms with E-state index in [4.69, 9.17) is 0 Å². The number of rotatable bonds is 4. The molecule has 126 valence electrons. The quantitative estimate of drug-likeness (QED) is 0.596. The van der Waals surface area contributed by atoms with Gasteiger partial charge >= 0.3 is 0 Å². The summed E-state index contributed by atoms with van der Waals surface area (Å²) in [5.41, 5.74) is 3.31. The number of nitrogens with one attached hydrogen (secondary N) is 1. The first-order valence-electron chi connectivity index (χ1n) is 7.66. The summed E-state index contributed by atoms with van der Waals surface area (Å²) in [6, 6.07) is 9.97. The van der Waals surface area contributed by atoms with Crippen molar-refractivity contribution in [2.75, 3.05) is 5.32 Å². The van der Waals surface area contributed by atoms with Crippen LogP contribution in [0.15, 0.2) is 59.4 Å². The fraction of sp³-hybridized carbons (Fsp3) is 0.263. The first-order valence-corrected chi connectivity index (χ1v) is 7.66. The molecule has 2 rings (SSSR count). The van der Waals surface area contributed by atoms with Gasteiger partial charge in [0.05, 0.1) is 5.70 Å². The van der Waals surface area contributed by atoms with Gasteiger partial charge in [-0.1, -0.05) is 12.1 Å². The van der Waals surface area contributed by atoms with Crippen LogP contribution in [0.5, 0.6) is 0 Å². The minimum Gasteiger partial charge on any atom is -0.344 e. The van der Waals surface area contributed by atoms with E-state index >= 15 is 0 Å². The van der Waals surface area contributed by atoms with Gasteiger partial charge in [0.2, 0.25) is 0 Å². The third-order valence-corrected chi connectivity index (χ3v) is 3.38. The highest BCUT2D eigenvalue weighted by Gasteiger charge is 2.24. The van der Waals surface area contributed by atoms with Crippen molar-refractivity contribution in [2.24, 2.45) is 4.99 Å². The average Bonchev–Trinajstić information content (AvgIpc) is 2.52. The third-order valence-electron chi connectivity index (χ3n) is 3.38. The Bertz CT molecular complexity index is 756. The standard InChI is InChI=1S/C19H21F2N3/c1-13(2)18(15-7-6-10-22-12-15)24-14(3)23-17-9-5-8-16(11-17)19(4,20)21/h5-12H,1-4H3,(H,23,24). The second-order valence-electron chi connectivity index (χ2n) is 5.88. The van der Waals surface area contributed by atoms with Crippen LogP contribution in [0.1, 0.15) is 38.8 Å². The molecule has 0 saturated heterocycles. The lowest BCUT2D eigenvalue weighted by molar-refractivity contribution is 0.0175. The molecule has 1 N–H and O–H groups in total. The van der Waals surface area contributed by atoms with Gasteiger partial charge in [0.1, 0.15) is 5.84 Å². The van der Waals surface area contributed by atoms with Crippen molar-refractivity contribution in [3.63, 3.8) is 0 Å². The van der Waals surface area contributed by atoms with Crippen LogP contribution in [0.25, 0.3) is 5.70 Å². The van der Waals surface area contributed by atoms with E-state index < -0.39 is 5.92 Å². The number of aliphatic imine (C=N–C) groups is 1.